The van der Waals surface area contributed by atoms with Crippen molar-refractivity contribution in [2.45, 2.75) is 25.3 Å². The van der Waals surface area contributed by atoms with E-state index in [1.807, 2.05) is 9.80 Å². The Hall–Kier alpha value is -0.600. The van der Waals surface area contributed by atoms with Gasteiger partial charge in [-0.2, -0.15) is 0 Å². The summed E-state index contributed by atoms with van der Waals surface area (Å²) in [5.74, 6) is 0.422. The Morgan fingerprint density at radius 3 is 2.20 bits per heavy atom. The van der Waals surface area contributed by atoms with Crippen LogP contribution in [0.1, 0.15) is 19.3 Å². The van der Waals surface area contributed by atoms with Crippen molar-refractivity contribution < 1.29 is 14.3 Å². The molecule has 1 atom stereocenters. The zero-order valence-electron chi connectivity index (χ0n) is 14.7. The first kappa shape index (κ1) is 22.4. The number of nitrogens with one attached hydrogen (secondary N) is 1. The van der Waals surface area contributed by atoms with Crippen LogP contribution in [0.5, 0.6) is 0 Å². The molecule has 0 aliphatic carbocycles. The van der Waals surface area contributed by atoms with Gasteiger partial charge in [-0.15, -0.1) is 24.8 Å². The highest BCUT2D eigenvalue weighted by Crippen LogP contribution is 2.12. The number of ether oxygens (including phenoxy) is 1. The Kier molecular flexibility index (Phi) is 10.0. The fourth-order valence-corrected chi connectivity index (χ4v) is 3.51. The first-order chi connectivity index (χ1) is 11.2. The van der Waals surface area contributed by atoms with E-state index in [1.54, 1.807) is 0 Å². The van der Waals surface area contributed by atoms with Gasteiger partial charge in [-0.05, 0) is 19.4 Å². The highest BCUT2D eigenvalue weighted by atomic mass is 35.5. The lowest BCUT2D eigenvalue weighted by Crippen LogP contribution is -2.56. The van der Waals surface area contributed by atoms with Gasteiger partial charge in [0.2, 0.25) is 11.8 Å². The van der Waals surface area contributed by atoms with Crippen LogP contribution in [0.25, 0.3) is 0 Å². The quantitative estimate of drug-likeness (QED) is 0.725. The summed E-state index contributed by atoms with van der Waals surface area (Å²) in [6.45, 7) is 7.12. The highest BCUT2D eigenvalue weighted by molar-refractivity contribution is 5.85. The average Bonchev–Trinajstić information content (AvgIpc) is 2.63. The lowest BCUT2D eigenvalue weighted by Gasteiger charge is -2.38. The molecular weight excluding hydrogens is 367 g/mol. The maximum atomic E-state index is 12.5. The molecule has 0 spiro atoms. The van der Waals surface area contributed by atoms with Crippen LogP contribution in [0.3, 0.4) is 0 Å². The summed E-state index contributed by atoms with van der Waals surface area (Å²) >= 11 is 0. The largest absolute Gasteiger partial charge is 0.378 e. The van der Waals surface area contributed by atoms with Crippen LogP contribution >= 0.6 is 24.8 Å². The molecule has 0 radical (unpaired) electrons. The number of hydrogen-bond acceptors (Lipinski definition) is 5. The number of carbonyl (C=O) groups is 2. The highest BCUT2D eigenvalue weighted by Gasteiger charge is 2.29. The maximum absolute atomic E-state index is 12.5. The molecule has 0 aromatic rings. The number of morpholine rings is 1. The van der Waals surface area contributed by atoms with Crippen molar-refractivity contribution in [3.8, 4) is 0 Å². The summed E-state index contributed by atoms with van der Waals surface area (Å²) in [6, 6.07) is 0.00489. The normalized spacial score (nSPS) is 24.9. The van der Waals surface area contributed by atoms with Crippen LogP contribution in [0.15, 0.2) is 0 Å². The molecule has 0 aromatic heterocycles. The number of halogens is 2. The van der Waals surface area contributed by atoms with Gasteiger partial charge in [0.15, 0.2) is 0 Å². The molecule has 0 saturated carbocycles. The van der Waals surface area contributed by atoms with E-state index in [4.69, 9.17) is 4.74 Å². The van der Waals surface area contributed by atoms with Gasteiger partial charge >= 0.3 is 0 Å². The molecule has 3 rings (SSSR count). The van der Waals surface area contributed by atoms with Crippen LogP contribution in [0.4, 0.5) is 0 Å². The molecule has 0 bridgehead atoms. The second-order valence-electron chi connectivity index (χ2n) is 6.60. The molecular formula is C16H30Cl2N4O3. The van der Waals surface area contributed by atoms with Crippen molar-refractivity contribution in [2.75, 3.05) is 65.6 Å². The SMILES string of the molecule is Cl.Cl.O=C(CN1CCN(C(=O)[C@H]2CCCCN2)CC1)N1CCOCC1. The number of nitrogens with zero attached hydrogens (tertiary/aromatic N) is 3. The van der Waals surface area contributed by atoms with E-state index in [-0.39, 0.29) is 42.7 Å². The van der Waals surface area contributed by atoms with Gasteiger partial charge in [-0.3, -0.25) is 14.5 Å². The summed E-state index contributed by atoms with van der Waals surface area (Å²) in [5, 5.41) is 3.33. The number of hydrogen-bond donors (Lipinski definition) is 1. The average molecular weight is 397 g/mol. The topological polar surface area (TPSA) is 65.1 Å². The molecule has 25 heavy (non-hydrogen) atoms. The molecule has 3 saturated heterocycles. The third kappa shape index (κ3) is 6.25. The summed E-state index contributed by atoms with van der Waals surface area (Å²) < 4.78 is 5.28. The molecule has 2 amide bonds. The maximum Gasteiger partial charge on any atom is 0.239 e. The van der Waals surface area contributed by atoms with Gasteiger partial charge in [0.05, 0.1) is 25.8 Å². The molecule has 3 aliphatic heterocycles. The second kappa shape index (κ2) is 11.2. The van der Waals surface area contributed by atoms with Gasteiger partial charge < -0.3 is 19.9 Å². The molecule has 9 heteroatoms. The van der Waals surface area contributed by atoms with Gasteiger partial charge in [0.25, 0.3) is 0 Å². The van der Waals surface area contributed by atoms with Crippen LogP contribution in [0.2, 0.25) is 0 Å². The molecule has 0 aromatic carbocycles. The van der Waals surface area contributed by atoms with E-state index in [2.05, 4.69) is 10.2 Å². The predicted molar refractivity (Wildman–Crippen MR) is 101 cm³/mol. The number of amides is 2. The summed E-state index contributed by atoms with van der Waals surface area (Å²) in [4.78, 5) is 30.8. The van der Waals surface area contributed by atoms with Crippen LogP contribution in [-0.2, 0) is 14.3 Å². The van der Waals surface area contributed by atoms with E-state index in [0.29, 0.717) is 32.8 Å². The van der Waals surface area contributed by atoms with Crippen molar-refractivity contribution >= 4 is 36.6 Å². The van der Waals surface area contributed by atoms with Gasteiger partial charge in [0, 0.05) is 39.3 Å². The van der Waals surface area contributed by atoms with Crippen molar-refractivity contribution in [1.82, 2.24) is 20.0 Å². The minimum absolute atomic E-state index is 0. The molecule has 1 N–H and O–H groups in total. The summed E-state index contributed by atoms with van der Waals surface area (Å²) in [5.41, 5.74) is 0. The standard InChI is InChI=1S/C16H28N4O3.2ClH/c21-15(19-9-11-23-12-10-19)13-18-5-7-20(8-6-18)16(22)14-3-1-2-4-17-14;;/h14,17H,1-13H2;2*1H/t14-;;/m1../s1. The fraction of sp³-hybridized carbons (Fsp3) is 0.875. The van der Waals surface area contributed by atoms with E-state index in [1.165, 1.54) is 6.42 Å². The monoisotopic (exact) mass is 396 g/mol. The van der Waals surface area contributed by atoms with Crippen LogP contribution in [0, 0.1) is 0 Å². The zero-order valence-corrected chi connectivity index (χ0v) is 16.3. The minimum atomic E-state index is 0. The lowest BCUT2D eigenvalue weighted by molar-refractivity contribution is -0.138. The van der Waals surface area contributed by atoms with E-state index in [9.17, 15) is 9.59 Å². The molecule has 3 aliphatic rings. The Labute approximate surface area is 162 Å². The summed E-state index contributed by atoms with van der Waals surface area (Å²) in [6.07, 6.45) is 3.26. The number of piperidine rings is 1. The van der Waals surface area contributed by atoms with E-state index >= 15 is 0 Å². The first-order valence-electron chi connectivity index (χ1n) is 8.84. The smallest absolute Gasteiger partial charge is 0.239 e. The van der Waals surface area contributed by atoms with Crippen LogP contribution in [-0.4, -0.2) is 98.1 Å². The minimum Gasteiger partial charge on any atom is -0.378 e. The van der Waals surface area contributed by atoms with E-state index < -0.39 is 0 Å². The van der Waals surface area contributed by atoms with Gasteiger partial charge in [0.1, 0.15) is 0 Å². The van der Waals surface area contributed by atoms with Crippen molar-refractivity contribution in [3.05, 3.63) is 0 Å². The third-order valence-electron chi connectivity index (χ3n) is 5.02. The van der Waals surface area contributed by atoms with Crippen molar-refractivity contribution in [3.63, 3.8) is 0 Å². The van der Waals surface area contributed by atoms with E-state index in [0.717, 1.165) is 45.6 Å². The van der Waals surface area contributed by atoms with Crippen molar-refractivity contribution in [2.24, 2.45) is 0 Å². The fourth-order valence-electron chi connectivity index (χ4n) is 3.51. The molecule has 146 valence electrons. The Morgan fingerprint density at radius 1 is 0.920 bits per heavy atom. The Bertz CT molecular complexity index is 422. The second-order valence-corrected chi connectivity index (χ2v) is 6.60. The molecule has 3 heterocycles. The summed E-state index contributed by atoms with van der Waals surface area (Å²) in [7, 11) is 0. The zero-order chi connectivity index (χ0) is 16.1. The lowest BCUT2D eigenvalue weighted by atomic mass is 10.0. The third-order valence-corrected chi connectivity index (χ3v) is 5.02. The molecule has 0 unspecified atom stereocenters. The van der Waals surface area contributed by atoms with Crippen molar-refractivity contribution in [1.29, 1.82) is 0 Å². The number of rotatable bonds is 3. The Morgan fingerprint density at radius 2 is 1.60 bits per heavy atom. The number of carbonyl (C=O) groups excluding carboxylic acids is 2. The van der Waals surface area contributed by atoms with Gasteiger partial charge in [-0.1, -0.05) is 6.42 Å². The van der Waals surface area contributed by atoms with Crippen LogP contribution < -0.4 is 5.32 Å². The van der Waals surface area contributed by atoms with Gasteiger partial charge in [-0.25, -0.2) is 0 Å². The first-order valence-corrected chi connectivity index (χ1v) is 8.84. The molecule has 3 fully saturated rings. The molecule has 7 nitrogen and oxygen atoms in total. The predicted octanol–water partition coefficient (Wildman–Crippen LogP) is -0.0249. The number of piperazine rings is 1. The Balaban J connectivity index is 0.00000156.